The Morgan fingerprint density at radius 3 is 2.63 bits per heavy atom. The molecule has 3 aromatic carbocycles. The predicted octanol–water partition coefficient (Wildman–Crippen LogP) is 5.01. The van der Waals surface area contributed by atoms with Crippen LogP contribution in [-0.2, 0) is 4.79 Å². The molecule has 1 N–H and O–H groups in total. The Balaban J connectivity index is 1.92. The molecule has 27 heavy (non-hydrogen) atoms. The molecule has 4 rings (SSSR count). The van der Waals surface area contributed by atoms with Crippen molar-refractivity contribution in [1.82, 2.24) is 4.90 Å². The summed E-state index contributed by atoms with van der Waals surface area (Å²) in [7, 11) is 0. The molecule has 0 aliphatic carbocycles. The summed E-state index contributed by atoms with van der Waals surface area (Å²) in [5.41, 5.74) is 1.81. The maximum absolute atomic E-state index is 14.0. The van der Waals surface area contributed by atoms with Crippen LogP contribution in [0.25, 0.3) is 10.8 Å². The van der Waals surface area contributed by atoms with Gasteiger partial charge in [0.1, 0.15) is 11.9 Å². The molecular weight excluding hydrogens is 341 g/mol. The third kappa shape index (κ3) is 3.45. The molecule has 2 atom stereocenters. The molecule has 0 saturated carbocycles. The molecule has 3 aromatic rings. The molecule has 0 amide bonds. The molecule has 4 heteroatoms. The lowest BCUT2D eigenvalue weighted by Gasteiger charge is -2.40. The number of aliphatic carboxylic acids is 1. The van der Waals surface area contributed by atoms with Gasteiger partial charge < -0.3 is 5.11 Å². The van der Waals surface area contributed by atoms with Crippen molar-refractivity contribution >= 4 is 16.7 Å². The highest BCUT2D eigenvalue weighted by molar-refractivity contribution is 5.86. The first kappa shape index (κ1) is 17.7. The minimum absolute atomic E-state index is 0.298. The Labute approximate surface area is 158 Å². The summed E-state index contributed by atoms with van der Waals surface area (Å²) in [4.78, 5) is 14.0. The van der Waals surface area contributed by atoms with E-state index >= 15 is 0 Å². The highest BCUT2D eigenvalue weighted by Gasteiger charge is 2.35. The summed E-state index contributed by atoms with van der Waals surface area (Å²) < 4.78 is 14.0. The van der Waals surface area contributed by atoms with E-state index in [4.69, 9.17) is 0 Å². The number of hydrogen-bond donors (Lipinski definition) is 1. The van der Waals surface area contributed by atoms with Crippen LogP contribution >= 0.6 is 0 Å². The topological polar surface area (TPSA) is 40.5 Å². The van der Waals surface area contributed by atoms with E-state index in [1.165, 1.54) is 12.1 Å². The second kappa shape index (κ2) is 7.49. The maximum Gasteiger partial charge on any atom is 0.320 e. The lowest BCUT2D eigenvalue weighted by molar-refractivity contribution is -0.145. The molecule has 0 bridgehead atoms. The number of piperidine rings is 1. The van der Waals surface area contributed by atoms with E-state index in [9.17, 15) is 14.3 Å². The molecule has 1 aliphatic rings. The molecule has 1 saturated heterocycles. The molecule has 2 unspecified atom stereocenters. The second-order valence-electron chi connectivity index (χ2n) is 7.11. The molecule has 1 aliphatic heterocycles. The van der Waals surface area contributed by atoms with E-state index in [1.807, 2.05) is 47.4 Å². The fraction of sp³-hybridized carbons (Fsp3) is 0.261. The van der Waals surface area contributed by atoms with Gasteiger partial charge in [0.2, 0.25) is 0 Å². The van der Waals surface area contributed by atoms with Gasteiger partial charge in [-0.15, -0.1) is 0 Å². The van der Waals surface area contributed by atoms with Crippen molar-refractivity contribution in [3.05, 3.63) is 83.7 Å². The summed E-state index contributed by atoms with van der Waals surface area (Å²) in [5, 5.41) is 12.0. The van der Waals surface area contributed by atoms with Gasteiger partial charge in [0, 0.05) is 0 Å². The van der Waals surface area contributed by atoms with E-state index < -0.39 is 12.0 Å². The molecule has 0 radical (unpaired) electrons. The van der Waals surface area contributed by atoms with Crippen molar-refractivity contribution < 1.29 is 14.3 Å². The van der Waals surface area contributed by atoms with E-state index in [0.717, 1.165) is 34.7 Å². The van der Waals surface area contributed by atoms with Gasteiger partial charge in [-0.2, -0.15) is 0 Å². The van der Waals surface area contributed by atoms with Crippen LogP contribution in [0.1, 0.15) is 36.4 Å². The van der Waals surface area contributed by atoms with Gasteiger partial charge in [0.25, 0.3) is 0 Å². The maximum atomic E-state index is 14.0. The molecule has 0 spiro atoms. The fourth-order valence-electron chi connectivity index (χ4n) is 4.24. The van der Waals surface area contributed by atoms with Gasteiger partial charge in [0.05, 0.1) is 6.04 Å². The molecule has 1 fully saturated rings. The number of hydrogen-bond acceptors (Lipinski definition) is 2. The summed E-state index contributed by atoms with van der Waals surface area (Å²) in [6.45, 7) is 0.682. The Bertz CT molecular complexity index is 966. The Hall–Kier alpha value is -2.72. The van der Waals surface area contributed by atoms with Gasteiger partial charge in [0.15, 0.2) is 0 Å². The van der Waals surface area contributed by atoms with Gasteiger partial charge in [-0.05, 0) is 53.4 Å². The van der Waals surface area contributed by atoms with Gasteiger partial charge in [-0.25, -0.2) is 4.39 Å². The number of benzene rings is 3. The van der Waals surface area contributed by atoms with Crippen LogP contribution in [0, 0.1) is 5.82 Å². The fourth-order valence-corrected chi connectivity index (χ4v) is 4.24. The molecule has 3 nitrogen and oxygen atoms in total. The van der Waals surface area contributed by atoms with E-state index in [0.29, 0.717) is 13.0 Å². The summed E-state index contributed by atoms with van der Waals surface area (Å²) in [6, 6.07) is 19.8. The van der Waals surface area contributed by atoms with E-state index in [-0.39, 0.29) is 11.9 Å². The van der Waals surface area contributed by atoms with Crippen LogP contribution in [0.2, 0.25) is 0 Å². The monoisotopic (exact) mass is 363 g/mol. The standard InChI is InChI=1S/C23H22FNO2/c24-18-10-5-9-17(15-18)22(25-14-4-3-13-21(25)23(26)27)20-12-6-8-16-7-1-2-11-19(16)20/h1-2,5-12,15,21-22H,3-4,13-14H2,(H,26,27). The van der Waals surface area contributed by atoms with Gasteiger partial charge in [-0.3, -0.25) is 9.69 Å². The number of rotatable bonds is 4. The van der Waals surface area contributed by atoms with Gasteiger partial charge >= 0.3 is 5.97 Å². The smallest absolute Gasteiger partial charge is 0.320 e. The van der Waals surface area contributed by atoms with Crippen molar-refractivity contribution in [3.63, 3.8) is 0 Å². The third-order valence-electron chi connectivity index (χ3n) is 5.44. The number of carbonyl (C=O) groups is 1. The quantitative estimate of drug-likeness (QED) is 0.708. The zero-order valence-corrected chi connectivity index (χ0v) is 15.0. The van der Waals surface area contributed by atoms with Crippen molar-refractivity contribution in [1.29, 1.82) is 0 Å². The molecule has 1 heterocycles. The molecule has 138 valence electrons. The number of fused-ring (bicyclic) bond motifs is 1. The Morgan fingerprint density at radius 1 is 1.04 bits per heavy atom. The lowest BCUT2D eigenvalue weighted by atomic mass is 9.89. The average Bonchev–Trinajstić information content (AvgIpc) is 2.69. The lowest BCUT2D eigenvalue weighted by Crippen LogP contribution is -2.46. The van der Waals surface area contributed by atoms with Crippen molar-refractivity contribution in [2.45, 2.75) is 31.3 Å². The first-order valence-corrected chi connectivity index (χ1v) is 9.37. The minimum Gasteiger partial charge on any atom is -0.480 e. The van der Waals surface area contributed by atoms with E-state index in [2.05, 4.69) is 6.07 Å². The van der Waals surface area contributed by atoms with Crippen LogP contribution in [0.15, 0.2) is 66.7 Å². The number of carboxylic acid groups (broad SMARTS) is 1. The normalized spacial score (nSPS) is 19.1. The SMILES string of the molecule is O=C(O)C1CCCCN1C(c1cccc(F)c1)c1cccc2ccccc12. The van der Waals surface area contributed by atoms with E-state index in [1.54, 1.807) is 6.07 Å². The highest BCUT2D eigenvalue weighted by atomic mass is 19.1. The average molecular weight is 363 g/mol. The van der Waals surface area contributed by atoms with Crippen LogP contribution in [0.4, 0.5) is 4.39 Å². The largest absolute Gasteiger partial charge is 0.480 e. The van der Waals surface area contributed by atoms with Crippen molar-refractivity contribution in [2.24, 2.45) is 0 Å². The Kier molecular flexibility index (Phi) is 4.90. The summed E-state index contributed by atoms with van der Waals surface area (Å²) in [6.07, 6.45) is 2.46. The first-order valence-electron chi connectivity index (χ1n) is 9.37. The minimum atomic E-state index is -0.809. The van der Waals surface area contributed by atoms with Crippen LogP contribution < -0.4 is 0 Å². The predicted molar refractivity (Wildman–Crippen MR) is 104 cm³/mol. The summed E-state index contributed by atoms with van der Waals surface area (Å²) in [5.74, 6) is -1.11. The number of likely N-dealkylation sites (tertiary alicyclic amines) is 1. The number of carboxylic acids is 1. The number of halogens is 1. The first-order chi connectivity index (χ1) is 13.1. The van der Waals surface area contributed by atoms with Crippen LogP contribution in [0.3, 0.4) is 0 Å². The summed E-state index contributed by atoms with van der Waals surface area (Å²) >= 11 is 0. The zero-order valence-electron chi connectivity index (χ0n) is 15.0. The zero-order chi connectivity index (χ0) is 18.8. The molecular formula is C23H22FNO2. The van der Waals surface area contributed by atoms with Gasteiger partial charge in [-0.1, -0.05) is 61.0 Å². The molecule has 0 aromatic heterocycles. The van der Waals surface area contributed by atoms with Crippen LogP contribution in [-0.4, -0.2) is 28.6 Å². The Morgan fingerprint density at radius 2 is 1.81 bits per heavy atom. The van der Waals surface area contributed by atoms with Crippen LogP contribution in [0.5, 0.6) is 0 Å². The number of nitrogens with zero attached hydrogens (tertiary/aromatic N) is 1. The van der Waals surface area contributed by atoms with Crippen molar-refractivity contribution in [3.8, 4) is 0 Å². The third-order valence-corrected chi connectivity index (χ3v) is 5.44. The second-order valence-corrected chi connectivity index (χ2v) is 7.11. The highest BCUT2D eigenvalue weighted by Crippen LogP contribution is 2.37. The van der Waals surface area contributed by atoms with Crippen molar-refractivity contribution in [2.75, 3.05) is 6.54 Å².